The first kappa shape index (κ1) is 20.5. The second-order valence-electron chi connectivity index (χ2n) is 7.05. The highest BCUT2D eigenvalue weighted by Crippen LogP contribution is 2.19. The van der Waals surface area contributed by atoms with E-state index in [4.69, 9.17) is 11.6 Å². The van der Waals surface area contributed by atoms with Gasteiger partial charge in [0.15, 0.2) is 11.6 Å². The van der Waals surface area contributed by atoms with Gasteiger partial charge < -0.3 is 9.88 Å². The lowest BCUT2D eigenvalue weighted by Gasteiger charge is -2.11. The molecule has 156 valence electrons. The van der Waals surface area contributed by atoms with Gasteiger partial charge in [0.25, 0.3) is 5.56 Å². The number of hydrogen-bond acceptors (Lipinski definition) is 5. The van der Waals surface area contributed by atoms with Gasteiger partial charge in [-0.25, -0.2) is 0 Å². The number of fused-ring (bicyclic) bond motifs is 1. The molecule has 0 fully saturated rings. The van der Waals surface area contributed by atoms with E-state index in [9.17, 15) is 14.4 Å². The third-order valence-corrected chi connectivity index (χ3v) is 5.03. The van der Waals surface area contributed by atoms with Crippen molar-refractivity contribution in [3.05, 3.63) is 81.2 Å². The maximum Gasteiger partial charge on any atom is 0.275 e. The summed E-state index contributed by atoms with van der Waals surface area (Å²) in [6, 6.07) is 15.0. The second-order valence-corrected chi connectivity index (χ2v) is 7.48. The van der Waals surface area contributed by atoms with Crippen molar-refractivity contribution in [3.8, 4) is 11.4 Å². The van der Waals surface area contributed by atoms with Gasteiger partial charge in [0.1, 0.15) is 6.54 Å². The second kappa shape index (κ2) is 8.16. The number of nitrogens with zero attached hydrogens (tertiary/aromatic N) is 4. The molecule has 0 radical (unpaired) electrons. The summed E-state index contributed by atoms with van der Waals surface area (Å²) in [5.74, 6) is 0.262. The Morgan fingerprint density at radius 2 is 1.74 bits per heavy atom. The highest BCUT2D eigenvalue weighted by atomic mass is 35.5. The number of carbonyl (C=O) groups excluding carboxylic acids is 2. The van der Waals surface area contributed by atoms with E-state index in [0.717, 1.165) is 0 Å². The Labute approximate surface area is 182 Å². The van der Waals surface area contributed by atoms with E-state index in [-0.39, 0.29) is 29.6 Å². The summed E-state index contributed by atoms with van der Waals surface area (Å²) in [5.41, 5.74) is 2.07. The van der Waals surface area contributed by atoms with Gasteiger partial charge in [-0.2, -0.15) is 9.50 Å². The van der Waals surface area contributed by atoms with Crippen LogP contribution >= 0.6 is 11.6 Å². The van der Waals surface area contributed by atoms with E-state index < -0.39 is 0 Å². The van der Waals surface area contributed by atoms with Crippen molar-refractivity contribution < 1.29 is 9.59 Å². The van der Waals surface area contributed by atoms with Crippen molar-refractivity contribution in [2.45, 2.75) is 20.4 Å². The molecule has 2 aromatic heterocycles. The molecule has 0 spiro atoms. The predicted octanol–water partition coefficient (Wildman–Crippen LogP) is 3.36. The first-order valence-electron chi connectivity index (χ1n) is 9.46. The number of halogens is 1. The number of hydrogen-bond donors (Lipinski definition) is 1. The van der Waals surface area contributed by atoms with Crippen LogP contribution in [0.1, 0.15) is 23.0 Å². The van der Waals surface area contributed by atoms with E-state index in [2.05, 4.69) is 15.4 Å². The number of amides is 1. The van der Waals surface area contributed by atoms with Crippen molar-refractivity contribution >= 4 is 34.8 Å². The Morgan fingerprint density at radius 3 is 2.39 bits per heavy atom. The van der Waals surface area contributed by atoms with Crippen molar-refractivity contribution in [3.63, 3.8) is 0 Å². The summed E-state index contributed by atoms with van der Waals surface area (Å²) < 4.78 is 2.79. The number of aryl methyl sites for hydroxylation is 1. The summed E-state index contributed by atoms with van der Waals surface area (Å²) in [6.45, 7) is 3.14. The number of anilines is 1. The molecule has 0 unspecified atom stereocenters. The average molecular weight is 436 g/mol. The Hall–Kier alpha value is -3.78. The topological polar surface area (TPSA) is 98.4 Å². The van der Waals surface area contributed by atoms with Gasteiger partial charge in [0.05, 0.1) is 0 Å². The third-order valence-electron chi connectivity index (χ3n) is 4.78. The van der Waals surface area contributed by atoms with E-state index >= 15 is 0 Å². The zero-order valence-corrected chi connectivity index (χ0v) is 17.6. The average Bonchev–Trinajstić information content (AvgIpc) is 3.18. The van der Waals surface area contributed by atoms with Crippen LogP contribution in [-0.4, -0.2) is 30.9 Å². The lowest BCUT2D eigenvalue weighted by Crippen LogP contribution is -2.25. The molecule has 0 saturated heterocycles. The largest absolute Gasteiger partial charge is 0.325 e. The molecule has 31 heavy (non-hydrogen) atoms. The molecular formula is C22H18ClN5O3. The lowest BCUT2D eigenvalue weighted by atomic mass is 10.1. The minimum atomic E-state index is -0.336. The van der Waals surface area contributed by atoms with Gasteiger partial charge >= 0.3 is 0 Å². The number of rotatable bonds is 5. The molecule has 0 aliphatic rings. The quantitative estimate of drug-likeness (QED) is 0.485. The third kappa shape index (κ3) is 4.24. The van der Waals surface area contributed by atoms with Crippen molar-refractivity contribution in [2.75, 3.05) is 5.32 Å². The Kier molecular flexibility index (Phi) is 5.39. The first-order valence-corrected chi connectivity index (χ1v) is 9.83. The molecule has 1 amide bonds. The number of aromatic nitrogens is 4. The molecular weight excluding hydrogens is 418 g/mol. The number of benzene rings is 2. The maximum absolute atomic E-state index is 12.6. The minimum Gasteiger partial charge on any atom is -0.325 e. The van der Waals surface area contributed by atoms with E-state index in [1.807, 2.05) is 0 Å². The Morgan fingerprint density at radius 1 is 1.06 bits per heavy atom. The van der Waals surface area contributed by atoms with Crippen molar-refractivity contribution in [2.24, 2.45) is 0 Å². The normalized spacial score (nSPS) is 10.9. The van der Waals surface area contributed by atoms with Gasteiger partial charge in [-0.1, -0.05) is 11.6 Å². The number of ketones is 1. The highest BCUT2D eigenvalue weighted by molar-refractivity contribution is 6.30. The maximum atomic E-state index is 12.6. The van der Waals surface area contributed by atoms with Gasteiger partial charge in [-0.15, -0.1) is 5.10 Å². The Balaban J connectivity index is 1.65. The smallest absolute Gasteiger partial charge is 0.275 e. The zero-order chi connectivity index (χ0) is 22.1. The standard InChI is InChI=1S/C22H18ClN5O3/c1-13-11-20(31)28-22(25-21(26-28)16-3-7-17(23)8-4-16)27(13)12-19(30)24-18-9-5-15(6-10-18)14(2)29/h3-11H,12H2,1-2H3,(H,24,30). The van der Waals surface area contributed by atoms with Gasteiger partial charge in [0.2, 0.25) is 11.7 Å². The fraction of sp³-hybridized carbons (Fsp3) is 0.136. The van der Waals surface area contributed by atoms with E-state index in [0.29, 0.717) is 33.4 Å². The van der Waals surface area contributed by atoms with Crippen LogP contribution in [0.3, 0.4) is 0 Å². The van der Waals surface area contributed by atoms with E-state index in [1.165, 1.54) is 17.5 Å². The van der Waals surface area contributed by atoms with Crippen LogP contribution in [0.5, 0.6) is 0 Å². The molecule has 0 aliphatic carbocycles. The van der Waals surface area contributed by atoms with Crippen LogP contribution in [0.4, 0.5) is 5.69 Å². The molecule has 2 aromatic carbocycles. The van der Waals surface area contributed by atoms with Crippen molar-refractivity contribution in [1.82, 2.24) is 19.2 Å². The van der Waals surface area contributed by atoms with Crippen LogP contribution in [0.2, 0.25) is 5.02 Å². The molecule has 8 nitrogen and oxygen atoms in total. The van der Waals surface area contributed by atoms with Crippen LogP contribution in [0.25, 0.3) is 17.2 Å². The lowest BCUT2D eigenvalue weighted by molar-refractivity contribution is -0.116. The predicted molar refractivity (Wildman–Crippen MR) is 118 cm³/mol. The molecule has 0 saturated carbocycles. The van der Waals surface area contributed by atoms with Crippen LogP contribution < -0.4 is 10.9 Å². The monoisotopic (exact) mass is 435 g/mol. The van der Waals surface area contributed by atoms with Gasteiger partial charge in [-0.3, -0.25) is 14.4 Å². The molecule has 0 bridgehead atoms. The van der Waals surface area contributed by atoms with Crippen LogP contribution in [0.15, 0.2) is 59.4 Å². The summed E-state index contributed by atoms with van der Waals surface area (Å²) >= 11 is 5.94. The molecule has 4 rings (SSSR count). The highest BCUT2D eigenvalue weighted by Gasteiger charge is 2.16. The van der Waals surface area contributed by atoms with Gasteiger partial charge in [-0.05, 0) is 62.4 Å². The zero-order valence-electron chi connectivity index (χ0n) is 16.8. The summed E-state index contributed by atoms with van der Waals surface area (Å²) in [7, 11) is 0. The van der Waals surface area contributed by atoms with Crippen molar-refractivity contribution in [1.29, 1.82) is 0 Å². The number of carbonyl (C=O) groups is 2. The number of nitrogens with one attached hydrogen (secondary N) is 1. The molecule has 4 aromatic rings. The molecule has 0 aliphatic heterocycles. The minimum absolute atomic E-state index is 0.0487. The summed E-state index contributed by atoms with van der Waals surface area (Å²) in [4.78, 5) is 40.9. The fourth-order valence-corrected chi connectivity index (χ4v) is 3.28. The molecule has 0 atom stereocenters. The first-order chi connectivity index (χ1) is 14.8. The molecule has 1 N–H and O–H groups in total. The summed E-state index contributed by atoms with van der Waals surface area (Å²) in [5, 5.41) is 7.66. The molecule has 2 heterocycles. The fourth-order valence-electron chi connectivity index (χ4n) is 3.15. The SMILES string of the molecule is CC(=O)c1ccc(NC(=O)Cn2c(C)cc(=O)n3nc(-c4ccc(Cl)cc4)nc23)cc1. The Bertz CT molecular complexity index is 1360. The van der Waals surface area contributed by atoms with E-state index in [1.54, 1.807) is 60.0 Å². The van der Waals surface area contributed by atoms with Crippen LogP contribution in [-0.2, 0) is 11.3 Å². The van der Waals surface area contributed by atoms with Gasteiger partial charge in [0, 0.05) is 33.6 Å². The molecule has 9 heteroatoms. The number of Topliss-reactive ketones (excluding diaryl/α,β-unsaturated/α-hetero) is 1. The summed E-state index contributed by atoms with van der Waals surface area (Å²) in [6.07, 6.45) is 0. The van der Waals surface area contributed by atoms with Crippen LogP contribution in [0, 0.1) is 6.92 Å².